The normalized spacial score (nSPS) is 16.6. The monoisotopic (exact) mass is 707 g/mol. The Morgan fingerprint density at radius 1 is 0.959 bits per heavy atom. The minimum Gasteiger partial charge on any atom is -0.481 e. The third-order valence-corrected chi connectivity index (χ3v) is 7.72. The highest BCUT2D eigenvalue weighted by atomic mass is 19.4. The molecule has 0 spiro atoms. The third kappa shape index (κ3) is 8.83. The van der Waals surface area contributed by atoms with E-state index in [1.807, 2.05) is 0 Å². The van der Waals surface area contributed by atoms with Crippen molar-refractivity contribution in [2.24, 2.45) is 0 Å². The molecular formula is C31H30F9N5O4. The van der Waals surface area contributed by atoms with E-state index < -0.39 is 78.8 Å². The van der Waals surface area contributed by atoms with Gasteiger partial charge in [0.05, 0.1) is 52.4 Å². The maximum absolute atomic E-state index is 13.8. The summed E-state index contributed by atoms with van der Waals surface area (Å²) < 4.78 is 128. The van der Waals surface area contributed by atoms with Crippen LogP contribution >= 0.6 is 0 Å². The minimum absolute atomic E-state index is 0.00443. The largest absolute Gasteiger partial charge is 0.481 e. The molecule has 2 aromatic carbocycles. The van der Waals surface area contributed by atoms with Gasteiger partial charge in [-0.05, 0) is 60.4 Å². The number of hydrogen-bond acceptors (Lipinski definition) is 7. The average Bonchev–Trinajstić information content (AvgIpc) is 2.98. The van der Waals surface area contributed by atoms with E-state index >= 15 is 0 Å². The summed E-state index contributed by atoms with van der Waals surface area (Å²) in [4.78, 5) is 35.1. The summed E-state index contributed by atoms with van der Waals surface area (Å²) in [6, 6.07) is 2.23. The number of carbonyl (C=O) groups excluding carboxylic acids is 1. The molecule has 4 rings (SSSR count). The number of hydrogen-bond donors (Lipinski definition) is 2. The van der Waals surface area contributed by atoms with Gasteiger partial charge in [-0.2, -0.15) is 39.5 Å². The van der Waals surface area contributed by atoms with E-state index in [2.05, 4.69) is 15.3 Å². The lowest BCUT2D eigenvalue weighted by Gasteiger charge is -2.40. The Balaban J connectivity index is 1.76. The van der Waals surface area contributed by atoms with E-state index in [4.69, 9.17) is 9.84 Å². The average molecular weight is 708 g/mol. The Labute approximate surface area is 273 Å². The second kappa shape index (κ2) is 14.0. The van der Waals surface area contributed by atoms with Crippen molar-refractivity contribution in [3.8, 4) is 0 Å². The Morgan fingerprint density at radius 3 is 2.10 bits per heavy atom. The van der Waals surface area contributed by atoms with Crippen LogP contribution in [0.25, 0.3) is 0 Å². The van der Waals surface area contributed by atoms with Crippen LogP contribution in [0, 0.1) is 0 Å². The van der Waals surface area contributed by atoms with Crippen molar-refractivity contribution in [3.05, 3.63) is 76.1 Å². The molecule has 2 N–H and O–H groups in total. The molecule has 1 aliphatic heterocycles. The zero-order chi connectivity index (χ0) is 36.5. The fraction of sp³-hybridized carbons (Fsp3) is 0.419. The topological polar surface area (TPSA) is 108 Å². The first-order chi connectivity index (χ1) is 22.7. The van der Waals surface area contributed by atoms with Crippen molar-refractivity contribution >= 4 is 29.4 Å². The molecule has 0 aliphatic carbocycles. The van der Waals surface area contributed by atoms with E-state index in [9.17, 15) is 49.1 Å². The number of carbonyl (C=O) groups is 2. The van der Waals surface area contributed by atoms with Crippen LogP contribution in [-0.2, 0) is 34.5 Å². The summed E-state index contributed by atoms with van der Waals surface area (Å²) in [6.45, 7) is 1.23. The summed E-state index contributed by atoms with van der Waals surface area (Å²) in [6.07, 6.45) is -15.3. The zero-order valence-corrected chi connectivity index (χ0v) is 26.1. The Bertz CT molecular complexity index is 1660. The number of nitrogens with zero attached hydrogens (tertiary/aromatic N) is 4. The number of nitrogens with one attached hydrogen (secondary N) is 1. The lowest BCUT2D eigenvalue weighted by Crippen LogP contribution is -2.46. The van der Waals surface area contributed by atoms with E-state index in [-0.39, 0.29) is 53.1 Å². The van der Waals surface area contributed by atoms with Gasteiger partial charge in [-0.3, -0.25) is 9.69 Å². The minimum atomic E-state index is -5.07. The highest BCUT2D eigenvalue weighted by Crippen LogP contribution is 2.43. The maximum atomic E-state index is 13.8. The predicted molar refractivity (Wildman–Crippen MR) is 158 cm³/mol. The van der Waals surface area contributed by atoms with Gasteiger partial charge in [0, 0.05) is 26.6 Å². The quantitative estimate of drug-likeness (QED) is 0.216. The lowest BCUT2D eigenvalue weighted by molar-refractivity contribution is -0.143. The molecule has 1 aromatic heterocycles. The van der Waals surface area contributed by atoms with Crippen LogP contribution in [-0.4, -0.2) is 53.9 Å². The first kappa shape index (κ1) is 37.1. The summed E-state index contributed by atoms with van der Waals surface area (Å²) in [7, 11) is 3.10. The fourth-order valence-corrected chi connectivity index (χ4v) is 5.41. The highest BCUT2D eigenvalue weighted by molar-refractivity contribution is 5.90. The molecule has 0 unspecified atom stereocenters. The molecule has 0 saturated heterocycles. The SMILES string of the molecule is CC[C@@H]1C[C@H](Nc2ncc(N(C)C)c(Cc3cc(C(F)(F)F)cc(C(F)(F)F)c3)n2)c2cc(C(F)(F)F)ccc2N1C(=O)OCCC(=O)O. The standard InChI is InChI=1S/C31H30F9N5O4/c1-4-20-14-22(21-13-17(29(32,33)34)5-6-24(21)45(20)28(48)49-8-7-26(46)47)42-27-41-15-25(44(2)3)23(43-27)11-16-9-18(30(35,36)37)12-19(10-16)31(38,39)40/h5-6,9-10,12-13,15,20,22H,4,7-8,11,14H2,1-3H3,(H,46,47)(H,41,42,43)/t20-,22+/m1/s1. The van der Waals surface area contributed by atoms with Crippen molar-refractivity contribution < 1.29 is 58.9 Å². The van der Waals surface area contributed by atoms with Gasteiger partial charge in [0.25, 0.3) is 0 Å². The number of alkyl halides is 9. The number of rotatable bonds is 9. The molecule has 266 valence electrons. The Kier molecular flexibility index (Phi) is 10.6. The number of anilines is 3. The number of aromatic nitrogens is 2. The summed E-state index contributed by atoms with van der Waals surface area (Å²) >= 11 is 0. The molecule has 1 aliphatic rings. The maximum Gasteiger partial charge on any atom is 0.416 e. The Hall–Kier alpha value is -4.77. The van der Waals surface area contributed by atoms with Crippen molar-refractivity contribution in [2.75, 3.05) is 35.8 Å². The van der Waals surface area contributed by atoms with Gasteiger partial charge in [-0.1, -0.05) is 6.92 Å². The van der Waals surface area contributed by atoms with Gasteiger partial charge in [0.1, 0.15) is 6.61 Å². The second-order valence-corrected chi connectivity index (χ2v) is 11.4. The van der Waals surface area contributed by atoms with Gasteiger partial charge in [-0.25, -0.2) is 14.8 Å². The molecule has 2 heterocycles. The number of carboxylic acids is 1. The van der Waals surface area contributed by atoms with Gasteiger partial charge in [0.2, 0.25) is 5.95 Å². The predicted octanol–water partition coefficient (Wildman–Crippen LogP) is 7.94. The van der Waals surface area contributed by atoms with Crippen LogP contribution in [0.2, 0.25) is 0 Å². The van der Waals surface area contributed by atoms with Crippen LogP contribution in [0.3, 0.4) is 0 Å². The van der Waals surface area contributed by atoms with Gasteiger partial charge >= 0.3 is 30.6 Å². The molecule has 0 bridgehead atoms. The number of halogens is 9. The van der Waals surface area contributed by atoms with Crippen LogP contribution in [0.15, 0.2) is 42.6 Å². The number of carboxylic acid groups (broad SMARTS) is 1. The number of benzene rings is 2. The molecule has 0 saturated carbocycles. The highest BCUT2D eigenvalue weighted by Gasteiger charge is 2.40. The summed E-state index contributed by atoms with van der Waals surface area (Å²) in [5.74, 6) is -1.42. The molecule has 9 nitrogen and oxygen atoms in total. The zero-order valence-electron chi connectivity index (χ0n) is 26.1. The van der Waals surface area contributed by atoms with Crippen molar-refractivity contribution in [3.63, 3.8) is 0 Å². The smallest absolute Gasteiger partial charge is 0.416 e. The van der Waals surface area contributed by atoms with Crippen LogP contribution < -0.4 is 15.1 Å². The number of aliphatic carboxylic acids is 1. The van der Waals surface area contributed by atoms with Gasteiger partial charge in [0.15, 0.2) is 0 Å². The lowest BCUT2D eigenvalue weighted by atomic mass is 9.89. The molecule has 0 radical (unpaired) electrons. The molecular weight excluding hydrogens is 677 g/mol. The van der Waals surface area contributed by atoms with Crippen molar-refractivity contribution in [1.29, 1.82) is 0 Å². The summed E-state index contributed by atoms with van der Waals surface area (Å²) in [5.41, 5.74) is -4.11. The van der Waals surface area contributed by atoms with Crippen LogP contribution in [0.4, 0.5) is 61.6 Å². The molecule has 1 amide bonds. The van der Waals surface area contributed by atoms with Crippen molar-refractivity contribution in [1.82, 2.24) is 9.97 Å². The van der Waals surface area contributed by atoms with E-state index in [0.717, 1.165) is 23.1 Å². The van der Waals surface area contributed by atoms with E-state index in [1.165, 1.54) is 11.1 Å². The third-order valence-electron chi connectivity index (χ3n) is 7.72. The van der Waals surface area contributed by atoms with E-state index in [1.54, 1.807) is 21.0 Å². The van der Waals surface area contributed by atoms with Crippen LogP contribution in [0.1, 0.15) is 65.7 Å². The van der Waals surface area contributed by atoms with Crippen molar-refractivity contribution in [2.45, 2.75) is 63.2 Å². The van der Waals surface area contributed by atoms with Gasteiger partial charge in [-0.15, -0.1) is 0 Å². The second-order valence-electron chi connectivity index (χ2n) is 11.4. The first-order valence-electron chi connectivity index (χ1n) is 14.7. The molecule has 3 aromatic rings. The molecule has 18 heteroatoms. The van der Waals surface area contributed by atoms with Gasteiger partial charge < -0.3 is 20.1 Å². The number of amides is 1. The number of ether oxygens (including phenoxy) is 1. The molecule has 2 atom stereocenters. The van der Waals surface area contributed by atoms with Crippen LogP contribution in [0.5, 0.6) is 0 Å². The molecule has 49 heavy (non-hydrogen) atoms. The Morgan fingerprint density at radius 2 is 1.57 bits per heavy atom. The molecule has 0 fully saturated rings. The summed E-state index contributed by atoms with van der Waals surface area (Å²) in [5, 5.41) is 11.8. The van der Waals surface area contributed by atoms with E-state index in [0.29, 0.717) is 12.1 Å². The first-order valence-corrected chi connectivity index (χ1v) is 14.7. The number of fused-ring (bicyclic) bond motifs is 1. The fourth-order valence-electron chi connectivity index (χ4n) is 5.41.